The second kappa shape index (κ2) is 5.32. The van der Waals surface area contributed by atoms with Gasteiger partial charge in [0.05, 0.1) is 6.54 Å². The van der Waals surface area contributed by atoms with Crippen LogP contribution in [-0.4, -0.2) is 21.3 Å². The molecule has 0 atom stereocenters. The van der Waals surface area contributed by atoms with Crippen molar-refractivity contribution >= 4 is 11.8 Å². The molecule has 0 aromatic carbocycles. The van der Waals surface area contributed by atoms with E-state index in [1.165, 1.54) is 4.90 Å². The summed E-state index contributed by atoms with van der Waals surface area (Å²) >= 11 is 0. The van der Waals surface area contributed by atoms with Crippen LogP contribution >= 0.6 is 0 Å². The van der Waals surface area contributed by atoms with Crippen LogP contribution in [-0.2, 0) is 6.54 Å². The molecule has 0 spiro atoms. The summed E-state index contributed by atoms with van der Waals surface area (Å²) in [5.74, 6) is 0.493. The Bertz CT molecular complexity index is 609. The normalized spacial score (nSPS) is 10.6. The van der Waals surface area contributed by atoms with Gasteiger partial charge in [-0.3, -0.25) is 9.88 Å². The van der Waals surface area contributed by atoms with E-state index in [4.69, 9.17) is 4.52 Å². The van der Waals surface area contributed by atoms with Crippen LogP contribution in [0.3, 0.4) is 0 Å². The average molecular weight is 275 g/mol. The number of rotatable bonds is 3. The van der Waals surface area contributed by atoms with Gasteiger partial charge in [-0.1, -0.05) is 5.16 Å². The molecule has 0 radical (unpaired) electrons. The Kier molecular flexibility index (Phi) is 3.74. The maximum atomic E-state index is 11.5. The van der Waals surface area contributed by atoms with Crippen LogP contribution in [0, 0.1) is 27.7 Å². The van der Waals surface area contributed by atoms with Crippen molar-refractivity contribution in [1.82, 2.24) is 10.1 Å². The van der Waals surface area contributed by atoms with Crippen molar-refractivity contribution in [1.29, 1.82) is 0 Å². The monoisotopic (exact) mass is 275 g/mol. The van der Waals surface area contributed by atoms with Gasteiger partial charge in [0, 0.05) is 11.4 Å². The van der Waals surface area contributed by atoms with E-state index in [-0.39, 0.29) is 6.54 Å². The molecule has 1 N–H and O–H groups in total. The molecule has 20 heavy (non-hydrogen) atoms. The summed E-state index contributed by atoms with van der Waals surface area (Å²) in [4.78, 5) is 17.1. The number of carbonyl (C=O) groups is 1. The van der Waals surface area contributed by atoms with E-state index >= 15 is 0 Å². The minimum atomic E-state index is -1.04. The van der Waals surface area contributed by atoms with Crippen molar-refractivity contribution in [2.45, 2.75) is 34.2 Å². The Labute approximate surface area is 117 Å². The highest BCUT2D eigenvalue weighted by Gasteiger charge is 2.23. The number of hydrogen-bond donors (Lipinski definition) is 1. The highest BCUT2D eigenvalue weighted by molar-refractivity contribution is 5.87. The SMILES string of the molecule is Cc1cc(CN(C(=O)O)c2c(C)noc2C)cc(C)n1. The molecule has 0 aliphatic rings. The molecule has 0 saturated carbocycles. The Hall–Kier alpha value is -2.37. The third-order valence-corrected chi connectivity index (χ3v) is 2.98. The Morgan fingerprint density at radius 2 is 1.85 bits per heavy atom. The minimum absolute atomic E-state index is 0.239. The molecule has 0 aliphatic carbocycles. The smallest absolute Gasteiger partial charge is 0.412 e. The maximum absolute atomic E-state index is 11.5. The zero-order valence-corrected chi connectivity index (χ0v) is 12.0. The van der Waals surface area contributed by atoms with E-state index in [1.54, 1.807) is 13.8 Å². The zero-order chi connectivity index (χ0) is 14.9. The molecule has 6 heteroatoms. The number of anilines is 1. The Morgan fingerprint density at radius 3 is 2.30 bits per heavy atom. The molecule has 2 rings (SSSR count). The lowest BCUT2D eigenvalue weighted by molar-refractivity contribution is 0.201. The number of nitrogens with zero attached hydrogens (tertiary/aromatic N) is 3. The predicted octanol–water partition coefficient (Wildman–Crippen LogP) is 2.99. The molecule has 0 saturated heterocycles. The molecule has 0 unspecified atom stereocenters. The van der Waals surface area contributed by atoms with Crippen LogP contribution in [0.4, 0.5) is 10.5 Å². The molecule has 0 fully saturated rings. The number of hydrogen-bond acceptors (Lipinski definition) is 4. The first-order valence-electron chi connectivity index (χ1n) is 6.26. The van der Waals surface area contributed by atoms with E-state index in [0.717, 1.165) is 17.0 Å². The summed E-state index contributed by atoms with van der Waals surface area (Å²) in [7, 11) is 0. The van der Waals surface area contributed by atoms with Gasteiger partial charge in [0.1, 0.15) is 11.4 Å². The summed E-state index contributed by atoms with van der Waals surface area (Å²) < 4.78 is 5.04. The van der Waals surface area contributed by atoms with Gasteiger partial charge in [0.25, 0.3) is 0 Å². The summed E-state index contributed by atoms with van der Waals surface area (Å²) in [6, 6.07) is 3.75. The van der Waals surface area contributed by atoms with Crippen molar-refractivity contribution in [3.05, 3.63) is 40.5 Å². The summed E-state index contributed by atoms with van der Waals surface area (Å²) in [6.45, 7) is 7.44. The molecular formula is C14H17N3O3. The highest BCUT2D eigenvalue weighted by Crippen LogP contribution is 2.26. The topological polar surface area (TPSA) is 79.5 Å². The molecule has 2 aromatic rings. The van der Waals surface area contributed by atoms with E-state index in [9.17, 15) is 9.90 Å². The lowest BCUT2D eigenvalue weighted by atomic mass is 10.1. The fourth-order valence-electron chi connectivity index (χ4n) is 2.30. The van der Waals surface area contributed by atoms with Gasteiger partial charge in [0.15, 0.2) is 5.76 Å². The first-order valence-corrected chi connectivity index (χ1v) is 6.26. The maximum Gasteiger partial charge on any atom is 0.412 e. The van der Waals surface area contributed by atoms with Crippen molar-refractivity contribution in [2.24, 2.45) is 0 Å². The van der Waals surface area contributed by atoms with Gasteiger partial charge < -0.3 is 9.63 Å². The van der Waals surface area contributed by atoms with Crippen molar-refractivity contribution in [2.75, 3.05) is 4.90 Å². The second-order valence-electron chi connectivity index (χ2n) is 4.80. The zero-order valence-electron chi connectivity index (χ0n) is 12.0. The third-order valence-electron chi connectivity index (χ3n) is 2.98. The summed E-state index contributed by atoms with van der Waals surface area (Å²) in [5.41, 5.74) is 3.68. The number of pyridine rings is 1. The molecular weight excluding hydrogens is 258 g/mol. The van der Waals surface area contributed by atoms with Crippen molar-refractivity contribution in [3.63, 3.8) is 0 Å². The van der Waals surface area contributed by atoms with E-state index in [0.29, 0.717) is 17.1 Å². The standard InChI is InChI=1S/C14H17N3O3/c1-8-5-12(6-9(2)15-8)7-17(14(18)19)13-10(3)16-20-11(13)4/h5-6H,7H2,1-4H3,(H,18,19). The van der Waals surface area contributed by atoms with Crippen LogP contribution in [0.2, 0.25) is 0 Å². The molecule has 6 nitrogen and oxygen atoms in total. The average Bonchev–Trinajstić information content (AvgIpc) is 2.65. The van der Waals surface area contributed by atoms with Crippen molar-refractivity contribution in [3.8, 4) is 0 Å². The largest absolute Gasteiger partial charge is 0.465 e. The van der Waals surface area contributed by atoms with Gasteiger partial charge in [-0.15, -0.1) is 0 Å². The Balaban J connectivity index is 2.38. The quantitative estimate of drug-likeness (QED) is 0.931. The third kappa shape index (κ3) is 2.79. The van der Waals surface area contributed by atoms with Gasteiger partial charge in [-0.05, 0) is 45.4 Å². The molecule has 106 valence electrons. The predicted molar refractivity (Wildman–Crippen MR) is 73.9 cm³/mol. The number of amides is 1. The van der Waals surface area contributed by atoms with Gasteiger partial charge >= 0.3 is 6.09 Å². The highest BCUT2D eigenvalue weighted by atomic mass is 16.5. The van der Waals surface area contributed by atoms with Crippen LogP contribution in [0.1, 0.15) is 28.4 Å². The molecule has 2 heterocycles. The van der Waals surface area contributed by atoms with Crippen LogP contribution in [0.25, 0.3) is 0 Å². The minimum Gasteiger partial charge on any atom is -0.465 e. The van der Waals surface area contributed by atoms with E-state index in [1.807, 2.05) is 26.0 Å². The lowest BCUT2D eigenvalue weighted by Gasteiger charge is -2.19. The number of aryl methyl sites for hydroxylation is 4. The molecule has 2 aromatic heterocycles. The van der Waals surface area contributed by atoms with Crippen LogP contribution in [0.15, 0.2) is 16.7 Å². The van der Waals surface area contributed by atoms with Crippen LogP contribution in [0.5, 0.6) is 0 Å². The first kappa shape index (κ1) is 14.0. The first-order chi connectivity index (χ1) is 9.38. The van der Waals surface area contributed by atoms with Crippen LogP contribution < -0.4 is 4.90 Å². The van der Waals surface area contributed by atoms with E-state index < -0.39 is 6.09 Å². The molecule has 0 aliphatic heterocycles. The summed E-state index contributed by atoms with van der Waals surface area (Å²) in [6.07, 6.45) is -1.04. The number of carboxylic acid groups (broad SMARTS) is 1. The number of aromatic nitrogens is 2. The fourth-order valence-corrected chi connectivity index (χ4v) is 2.30. The summed E-state index contributed by atoms with van der Waals surface area (Å²) in [5, 5.41) is 13.2. The Morgan fingerprint density at radius 1 is 1.25 bits per heavy atom. The molecule has 0 bridgehead atoms. The van der Waals surface area contributed by atoms with Gasteiger partial charge in [0.2, 0.25) is 0 Å². The molecule has 1 amide bonds. The van der Waals surface area contributed by atoms with Crippen molar-refractivity contribution < 1.29 is 14.4 Å². The van der Waals surface area contributed by atoms with Gasteiger partial charge in [-0.2, -0.15) is 0 Å². The fraction of sp³-hybridized carbons (Fsp3) is 0.357. The van der Waals surface area contributed by atoms with E-state index in [2.05, 4.69) is 10.1 Å². The lowest BCUT2D eigenvalue weighted by Crippen LogP contribution is -2.29. The van der Waals surface area contributed by atoms with Gasteiger partial charge in [-0.25, -0.2) is 4.79 Å². The second-order valence-corrected chi connectivity index (χ2v) is 4.80.